The van der Waals surface area contributed by atoms with Crippen LogP contribution in [0, 0.1) is 0 Å². The lowest BCUT2D eigenvalue weighted by Gasteiger charge is -2.09. The lowest BCUT2D eigenvalue weighted by molar-refractivity contribution is -0.138. The van der Waals surface area contributed by atoms with Gasteiger partial charge in [0.15, 0.2) is 0 Å². The molecule has 0 radical (unpaired) electrons. The average molecular weight is 338 g/mol. The van der Waals surface area contributed by atoms with Gasteiger partial charge in [-0.1, -0.05) is 0 Å². The van der Waals surface area contributed by atoms with Crippen LogP contribution >= 0.6 is 27.3 Å². The zero-order valence-corrected chi connectivity index (χ0v) is 11.3. The molecule has 0 bridgehead atoms. The van der Waals surface area contributed by atoms with Crippen LogP contribution in [0.1, 0.15) is 10.4 Å². The van der Waals surface area contributed by atoms with Crippen molar-refractivity contribution < 1.29 is 13.2 Å². The highest BCUT2D eigenvalue weighted by atomic mass is 79.9. The summed E-state index contributed by atoms with van der Waals surface area (Å²) in [5.74, 6) is 0. The second-order valence-electron chi connectivity index (χ2n) is 3.61. The van der Waals surface area contributed by atoms with Crippen LogP contribution in [-0.2, 0) is 12.7 Å². The van der Waals surface area contributed by atoms with Gasteiger partial charge in [0.25, 0.3) is 5.56 Å². The first-order valence-electron chi connectivity index (χ1n) is 4.87. The fourth-order valence-corrected chi connectivity index (χ4v) is 2.88. The van der Waals surface area contributed by atoms with Gasteiger partial charge in [-0.3, -0.25) is 4.79 Å². The predicted octanol–water partition coefficient (Wildman–Crippen LogP) is 3.74. The molecule has 2 aromatic rings. The van der Waals surface area contributed by atoms with Crippen LogP contribution in [0.3, 0.4) is 0 Å². The Hall–Kier alpha value is -1.08. The number of halogens is 4. The molecule has 2 aromatic heterocycles. The van der Waals surface area contributed by atoms with Crippen molar-refractivity contribution in [2.24, 2.45) is 0 Å². The summed E-state index contributed by atoms with van der Waals surface area (Å²) < 4.78 is 39.5. The third-order valence-corrected chi connectivity index (χ3v) is 3.94. The monoisotopic (exact) mass is 337 g/mol. The Bertz CT molecular complexity index is 617. The van der Waals surface area contributed by atoms with E-state index in [-0.39, 0.29) is 6.54 Å². The van der Waals surface area contributed by atoms with Crippen LogP contribution in [0.25, 0.3) is 0 Å². The molecular formula is C11H7BrF3NOS. The SMILES string of the molecule is O=c1ccc(C(F)(F)F)cn1Cc1cc(Br)cs1. The summed E-state index contributed by atoms with van der Waals surface area (Å²) in [6, 6.07) is 3.51. The van der Waals surface area contributed by atoms with Crippen LogP contribution in [-0.4, -0.2) is 4.57 Å². The normalized spacial score (nSPS) is 11.8. The molecule has 0 unspecified atom stereocenters. The van der Waals surface area contributed by atoms with Crippen molar-refractivity contribution in [1.29, 1.82) is 0 Å². The first kappa shape index (κ1) is 13.4. The average Bonchev–Trinajstić information content (AvgIpc) is 2.66. The summed E-state index contributed by atoms with van der Waals surface area (Å²) in [4.78, 5) is 12.3. The maximum Gasteiger partial charge on any atom is 0.417 e. The molecule has 0 N–H and O–H groups in total. The standard InChI is InChI=1S/C11H7BrF3NOS/c12-8-3-9(18-6-8)5-16-4-7(11(13,14)15)1-2-10(16)17/h1-4,6H,5H2. The molecule has 0 saturated carbocycles. The molecule has 0 aromatic carbocycles. The minimum Gasteiger partial charge on any atom is -0.310 e. The summed E-state index contributed by atoms with van der Waals surface area (Å²) in [5, 5.41) is 1.81. The van der Waals surface area contributed by atoms with Gasteiger partial charge in [0.2, 0.25) is 0 Å². The van der Waals surface area contributed by atoms with Gasteiger partial charge in [0, 0.05) is 27.0 Å². The van der Waals surface area contributed by atoms with Gasteiger partial charge < -0.3 is 4.57 Å². The molecular weight excluding hydrogens is 331 g/mol. The maximum absolute atomic E-state index is 12.5. The van der Waals surface area contributed by atoms with Gasteiger partial charge in [0.1, 0.15) is 0 Å². The molecule has 2 rings (SSSR count). The molecule has 0 aliphatic rings. The molecule has 0 amide bonds. The highest BCUT2D eigenvalue weighted by Crippen LogP contribution is 2.28. The largest absolute Gasteiger partial charge is 0.417 e. The third kappa shape index (κ3) is 3.02. The third-order valence-electron chi connectivity index (χ3n) is 2.26. The molecule has 2 heterocycles. The van der Waals surface area contributed by atoms with E-state index in [0.717, 1.165) is 32.2 Å². The van der Waals surface area contributed by atoms with Crippen LogP contribution in [0.15, 0.2) is 39.0 Å². The van der Waals surface area contributed by atoms with Crippen molar-refractivity contribution in [1.82, 2.24) is 4.57 Å². The fraction of sp³-hybridized carbons (Fsp3) is 0.182. The molecule has 7 heteroatoms. The molecule has 0 aliphatic carbocycles. The van der Waals surface area contributed by atoms with E-state index in [2.05, 4.69) is 15.9 Å². The van der Waals surface area contributed by atoms with E-state index in [9.17, 15) is 18.0 Å². The number of rotatable bonds is 2. The molecule has 0 atom stereocenters. The molecule has 0 saturated heterocycles. The number of hydrogen-bond donors (Lipinski definition) is 0. The van der Waals surface area contributed by atoms with Crippen molar-refractivity contribution in [3.8, 4) is 0 Å². The summed E-state index contributed by atoms with van der Waals surface area (Å²) in [6.07, 6.45) is -3.60. The van der Waals surface area contributed by atoms with Crippen molar-refractivity contribution in [2.45, 2.75) is 12.7 Å². The smallest absolute Gasteiger partial charge is 0.310 e. The molecule has 2 nitrogen and oxygen atoms in total. The van der Waals surface area contributed by atoms with E-state index in [1.807, 2.05) is 5.38 Å². The van der Waals surface area contributed by atoms with Gasteiger partial charge in [-0.2, -0.15) is 13.2 Å². The minimum absolute atomic E-state index is 0.138. The van der Waals surface area contributed by atoms with Gasteiger partial charge in [-0.05, 0) is 28.1 Å². The van der Waals surface area contributed by atoms with E-state index in [0.29, 0.717) is 0 Å². The summed E-state index contributed by atoms with van der Waals surface area (Å²) in [7, 11) is 0. The lowest BCUT2D eigenvalue weighted by Crippen LogP contribution is -2.21. The van der Waals surface area contributed by atoms with E-state index >= 15 is 0 Å². The van der Waals surface area contributed by atoms with Crippen molar-refractivity contribution >= 4 is 27.3 Å². The van der Waals surface area contributed by atoms with Gasteiger partial charge in [-0.25, -0.2) is 0 Å². The zero-order chi connectivity index (χ0) is 13.3. The minimum atomic E-state index is -4.44. The number of alkyl halides is 3. The number of thiophene rings is 1. The van der Waals surface area contributed by atoms with Gasteiger partial charge in [0.05, 0.1) is 12.1 Å². The second kappa shape index (κ2) is 4.89. The van der Waals surface area contributed by atoms with Crippen LogP contribution < -0.4 is 5.56 Å². The second-order valence-corrected chi connectivity index (χ2v) is 5.52. The Morgan fingerprint density at radius 1 is 1.33 bits per heavy atom. The van der Waals surface area contributed by atoms with Crippen LogP contribution in [0.2, 0.25) is 0 Å². The van der Waals surface area contributed by atoms with Crippen molar-refractivity contribution in [3.05, 3.63) is 55.0 Å². The summed E-state index contributed by atoms with van der Waals surface area (Å²) in [6.45, 7) is 0.138. The number of nitrogens with zero attached hydrogens (tertiary/aromatic N) is 1. The van der Waals surface area contributed by atoms with Crippen LogP contribution in [0.4, 0.5) is 13.2 Å². The van der Waals surface area contributed by atoms with E-state index in [1.165, 1.54) is 11.3 Å². The predicted molar refractivity (Wildman–Crippen MR) is 66.8 cm³/mol. The molecule has 0 aliphatic heterocycles. The van der Waals surface area contributed by atoms with Gasteiger partial charge in [-0.15, -0.1) is 11.3 Å². The van der Waals surface area contributed by atoms with Crippen molar-refractivity contribution in [2.75, 3.05) is 0 Å². The quantitative estimate of drug-likeness (QED) is 0.818. The summed E-state index contributed by atoms with van der Waals surface area (Å²) in [5.41, 5.74) is -1.27. The van der Waals surface area contributed by atoms with Crippen LogP contribution in [0.5, 0.6) is 0 Å². The fourth-order valence-electron chi connectivity index (χ4n) is 1.43. The van der Waals surface area contributed by atoms with E-state index in [4.69, 9.17) is 0 Å². The molecule has 0 fully saturated rings. The lowest BCUT2D eigenvalue weighted by atomic mass is 10.2. The Morgan fingerprint density at radius 2 is 2.06 bits per heavy atom. The van der Waals surface area contributed by atoms with Crippen molar-refractivity contribution in [3.63, 3.8) is 0 Å². The highest BCUT2D eigenvalue weighted by Gasteiger charge is 2.31. The Balaban J connectivity index is 2.35. The summed E-state index contributed by atoms with van der Waals surface area (Å²) >= 11 is 4.63. The molecule has 18 heavy (non-hydrogen) atoms. The van der Waals surface area contributed by atoms with E-state index < -0.39 is 17.3 Å². The molecule has 0 spiro atoms. The molecule has 96 valence electrons. The first-order chi connectivity index (χ1) is 8.36. The van der Waals surface area contributed by atoms with Gasteiger partial charge >= 0.3 is 6.18 Å². The first-order valence-corrected chi connectivity index (χ1v) is 6.54. The number of aromatic nitrogens is 1. The zero-order valence-electron chi connectivity index (χ0n) is 8.87. The number of hydrogen-bond acceptors (Lipinski definition) is 2. The maximum atomic E-state index is 12.5. The highest BCUT2D eigenvalue weighted by molar-refractivity contribution is 9.10. The number of pyridine rings is 1. The Labute approximate surface area is 113 Å². The Kier molecular flexibility index (Phi) is 3.63. The topological polar surface area (TPSA) is 22.0 Å². The Morgan fingerprint density at radius 3 is 2.61 bits per heavy atom. The van der Waals surface area contributed by atoms with E-state index in [1.54, 1.807) is 6.07 Å².